The van der Waals surface area contributed by atoms with Crippen molar-refractivity contribution in [1.82, 2.24) is 24.6 Å². The number of pyridine rings is 2. The van der Waals surface area contributed by atoms with Crippen molar-refractivity contribution in [2.45, 2.75) is 25.0 Å². The Bertz CT molecular complexity index is 1090. The highest BCUT2D eigenvalue weighted by molar-refractivity contribution is 5.69. The second-order valence-corrected chi connectivity index (χ2v) is 8.10. The number of anilines is 1. The third-order valence-corrected chi connectivity index (χ3v) is 6.08. The maximum Gasteiger partial charge on any atom is 0.261 e. The molecule has 7 nitrogen and oxygen atoms in total. The normalized spacial score (nSPS) is 20.4. The van der Waals surface area contributed by atoms with Crippen molar-refractivity contribution in [3.8, 4) is 22.8 Å². The van der Waals surface area contributed by atoms with Crippen LogP contribution in [-0.2, 0) is 6.61 Å². The predicted octanol–water partition coefficient (Wildman–Crippen LogP) is 2.75. The maximum absolute atomic E-state index is 13.4. The second-order valence-electron chi connectivity index (χ2n) is 8.10. The number of ether oxygens (including phenoxy) is 1. The molecule has 0 amide bonds. The SMILES string of the molecule is FC1(F)CCN(C2CN(c3ccc(-n4cc5c(n4)-c4cccnc4OC5)cn3)C2)C1. The third kappa shape index (κ3) is 2.92. The first-order valence-electron chi connectivity index (χ1n) is 10.1. The van der Waals surface area contributed by atoms with Crippen LogP contribution in [0, 0.1) is 0 Å². The zero-order valence-electron chi connectivity index (χ0n) is 16.2. The van der Waals surface area contributed by atoms with E-state index in [2.05, 4.69) is 14.9 Å². The molecule has 6 rings (SSSR count). The van der Waals surface area contributed by atoms with Gasteiger partial charge in [-0.05, 0) is 24.3 Å². The summed E-state index contributed by atoms with van der Waals surface area (Å²) in [5, 5.41) is 4.71. The van der Waals surface area contributed by atoms with Crippen LogP contribution < -0.4 is 9.64 Å². The summed E-state index contributed by atoms with van der Waals surface area (Å²) in [4.78, 5) is 12.8. The molecule has 30 heavy (non-hydrogen) atoms. The highest BCUT2D eigenvalue weighted by Gasteiger charge is 2.44. The fourth-order valence-electron chi connectivity index (χ4n) is 4.35. The summed E-state index contributed by atoms with van der Waals surface area (Å²) in [7, 11) is 0. The van der Waals surface area contributed by atoms with Crippen LogP contribution in [0.15, 0.2) is 42.9 Å². The Morgan fingerprint density at radius 1 is 1.13 bits per heavy atom. The summed E-state index contributed by atoms with van der Waals surface area (Å²) in [6.45, 7) is 2.27. The first kappa shape index (κ1) is 17.8. The molecule has 0 radical (unpaired) electrons. The topological polar surface area (TPSA) is 59.3 Å². The smallest absolute Gasteiger partial charge is 0.261 e. The standard InChI is InChI=1S/C21H20F2N6O/c22-21(23)5-7-27(13-21)16-10-28(11-16)18-4-3-15(8-25-18)29-9-14-12-30-20-17(19(14)26-29)2-1-6-24-20/h1-4,6,8-9,16H,5,7,10-13H2. The summed E-state index contributed by atoms with van der Waals surface area (Å²) >= 11 is 0. The minimum Gasteiger partial charge on any atom is -0.472 e. The van der Waals surface area contributed by atoms with Gasteiger partial charge in [0.25, 0.3) is 5.92 Å². The first-order chi connectivity index (χ1) is 14.6. The zero-order chi connectivity index (χ0) is 20.3. The lowest BCUT2D eigenvalue weighted by Crippen LogP contribution is -2.59. The van der Waals surface area contributed by atoms with Gasteiger partial charge in [0, 0.05) is 50.1 Å². The fraction of sp³-hybridized carbons (Fsp3) is 0.381. The molecule has 0 spiro atoms. The molecule has 3 aromatic heterocycles. The van der Waals surface area contributed by atoms with Crippen molar-refractivity contribution in [3.05, 3.63) is 48.4 Å². The van der Waals surface area contributed by atoms with Gasteiger partial charge in [-0.1, -0.05) is 0 Å². The largest absolute Gasteiger partial charge is 0.472 e. The van der Waals surface area contributed by atoms with E-state index in [1.54, 1.807) is 17.1 Å². The van der Waals surface area contributed by atoms with E-state index in [0.717, 1.165) is 41.4 Å². The highest BCUT2D eigenvalue weighted by Crippen LogP contribution is 2.35. The van der Waals surface area contributed by atoms with Crippen LogP contribution in [0.25, 0.3) is 16.9 Å². The Balaban J connectivity index is 1.16. The molecule has 2 fully saturated rings. The van der Waals surface area contributed by atoms with Crippen LogP contribution >= 0.6 is 0 Å². The number of hydrogen-bond donors (Lipinski definition) is 0. The molecule has 3 aliphatic heterocycles. The predicted molar refractivity (Wildman–Crippen MR) is 106 cm³/mol. The third-order valence-electron chi connectivity index (χ3n) is 6.08. The number of alkyl halides is 2. The number of rotatable bonds is 3. The Hall–Kier alpha value is -3.07. The number of aromatic nitrogens is 4. The summed E-state index contributed by atoms with van der Waals surface area (Å²) in [6.07, 6.45) is 5.42. The number of nitrogens with zero attached hydrogens (tertiary/aromatic N) is 6. The molecule has 0 unspecified atom stereocenters. The van der Waals surface area contributed by atoms with Gasteiger partial charge in [-0.25, -0.2) is 23.4 Å². The van der Waals surface area contributed by atoms with Crippen molar-refractivity contribution in [2.75, 3.05) is 31.1 Å². The van der Waals surface area contributed by atoms with E-state index in [-0.39, 0.29) is 19.0 Å². The minimum atomic E-state index is -2.54. The lowest BCUT2D eigenvalue weighted by Gasteiger charge is -2.44. The van der Waals surface area contributed by atoms with Crippen molar-refractivity contribution in [3.63, 3.8) is 0 Å². The number of fused-ring (bicyclic) bond motifs is 3. The van der Waals surface area contributed by atoms with Crippen LogP contribution in [0.1, 0.15) is 12.0 Å². The number of hydrogen-bond acceptors (Lipinski definition) is 6. The second kappa shape index (κ2) is 6.46. The Morgan fingerprint density at radius 2 is 2.03 bits per heavy atom. The average Bonchev–Trinajstić information content (AvgIpc) is 3.31. The van der Waals surface area contributed by atoms with Crippen molar-refractivity contribution in [2.24, 2.45) is 0 Å². The summed E-state index contributed by atoms with van der Waals surface area (Å²) in [5.74, 6) is -1.08. The van der Waals surface area contributed by atoms with Gasteiger partial charge < -0.3 is 9.64 Å². The number of halogens is 2. The van der Waals surface area contributed by atoms with Gasteiger partial charge in [-0.2, -0.15) is 5.10 Å². The lowest BCUT2D eigenvalue weighted by atomic mass is 10.1. The minimum absolute atomic E-state index is 0.0319. The van der Waals surface area contributed by atoms with Crippen LogP contribution in [0.2, 0.25) is 0 Å². The molecule has 3 aromatic rings. The molecule has 6 heterocycles. The molecule has 0 N–H and O–H groups in total. The fourth-order valence-corrected chi connectivity index (χ4v) is 4.35. The average molecular weight is 410 g/mol. The van der Waals surface area contributed by atoms with E-state index in [4.69, 9.17) is 9.84 Å². The van der Waals surface area contributed by atoms with Crippen LogP contribution in [0.5, 0.6) is 5.88 Å². The van der Waals surface area contributed by atoms with E-state index >= 15 is 0 Å². The van der Waals surface area contributed by atoms with Crippen molar-refractivity contribution in [1.29, 1.82) is 0 Å². The van der Waals surface area contributed by atoms with Crippen molar-refractivity contribution >= 4 is 5.82 Å². The molecule has 9 heteroatoms. The van der Waals surface area contributed by atoms with Gasteiger partial charge in [0.15, 0.2) is 0 Å². The van der Waals surface area contributed by atoms with Gasteiger partial charge in [-0.3, -0.25) is 4.90 Å². The number of likely N-dealkylation sites (tertiary alicyclic amines) is 1. The van der Waals surface area contributed by atoms with Gasteiger partial charge in [0.1, 0.15) is 18.1 Å². The maximum atomic E-state index is 13.4. The van der Waals surface area contributed by atoms with E-state index in [1.165, 1.54) is 0 Å². The molecule has 3 aliphatic rings. The molecular weight excluding hydrogens is 390 g/mol. The van der Waals surface area contributed by atoms with E-state index in [1.807, 2.05) is 35.4 Å². The van der Waals surface area contributed by atoms with Gasteiger partial charge in [0.2, 0.25) is 5.88 Å². The van der Waals surface area contributed by atoms with Gasteiger partial charge in [0.05, 0.1) is 24.0 Å². The monoisotopic (exact) mass is 410 g/mol. The summed E-state index contributed by atoms with van der Waals surface area (Å²) in [5.41, 5.74) is 3.63. The van der Waals surface area contributed by atoms with E-state index in [9.17, 15) is 8.78 Å². The Kier molecular flexibility index (Phi) is 3.83. The van der Waals surface area contributed by atoms with Gasteiger partial charge >= 0.3 is 0 Å². The summed E-state index contributed by atoms with van der Waals surface area (Å²) < 4.78 is 34.3. The molecule has 0 aromatic carbocycles. The van der Waals surface area contributed by atoms with Crippen molar-refractivity contribution < 1.29 is 13.5 Å². The molecule has 0 bridgehead atoms. The molecular formula is C21H20F2N6O. The van der Waals surface area contributed by atoms with Crippen LogP contribution in [0.3, 0.4) is 0 Å². The van der Waals surface area contributed by atoms with Crippen LogP contribution in [0.4, 0.5) is 14.6 Å². The quantitative estimate of drug-likeness (QED) is 0.662. The molecule has 0 aliphatic carbocycles. The van der Waals surface area contributed by atoms with Crippen LogP contribution in [-0.4, -0.2) is 62.8 Å². The van der Waals surface area contributed by atoms with E-state index in [0.29, 0.717) is 19.0 Å². The van der Waals surface area contributed by atoms with E-state index < -0.39 is 5.92 Å². The molecule has 0 saturated carbocycles. The Morgan fingerprint density at radius 3 is 2.80 bits per heavy atom. The molecule has 0 atom stereocenters. The highest BCUT2D eigenvalue weighted by atomic mass is 19.3. The molecule has 154 valence electrons. The zero-order valence-corrected chi connectivity index (χ0v) is 16.2. The molecule has 2 saturated heterocycles. The first-order valence-corrected chi connectivity index (χ1v) is 10.1. The lowest BCUT2D eigenvalue weighted by molar-refractivity contribution is 0.00601. The van der Waals surface area contributed by atoms with Gasteiger partial charge in [-0.15, -0.1) is 0 Å². The summed E-state index contributed by atoms with van der Waals surface area (Å²) in [6, 6.07) is 7.94. The Labute approximate surface area is 171 Å².